The van der Waals surface area contributed by atoms with Crippen molar-refractivity contribution >= 4 is 11.8 Å². The Labute approximate surface area is 132 Å². The maximum absolute atomic E-state index is 4.20. The van der Waals surface area contributed by atoms with Gasteiger partial charge >= 0.3 is 0 Å². The molecule has 2 rings (SSSR count). The number of benzene rings is 1. The molecule has 1 aromatic carbocycles. The second-order valence-electron chi connectivity index (χ2n) is 5.71. The molecule has 4 heteroatoms. The summed E-state index contributed by atoms with van der Waals surface area (Å²) < 4.78 is 1.95. The molecule has 0 amide bonds. The second kappa shape index (κ2) is 8.25. The Hall–Kier alpha value is -1.26. The number of rotatable bonds is 8. The standard InChI is InChI=1S/C17H25N3S/c1-14(2)12-18-13-15-4-6-17(7-5-15)21-11-9-16-8-10-19-20(16)3/h4-8,10,14,18H,9,11-13H2,1-3H3. The van der Waals surface area contributed by atoms with Gasteiger partial charge in [0.2, 0.25) is 0 Å². The van der Waals surface area contributed by atoms with Gasteiger partial charge in [0, 0.05) is 36.1 Å². The summed E-state index contributed by atoms with van der Waals surface area (Å²) in [6, 6.07) is 11.0. The molecule has 0 aliphatic heterocycles. The molecule has 0 unspecified atom stereocenters. The van der Waals surface area contributed by atoms with Crippen LogP contribution in [0.5, 0.6) is 0 Å². The Bertz CT molecular complexity index is 531. The Morgan fingerprint density at radius 1 is 1.19 bits per heavy atom. The molecule has 3 nitrogen and oxygen atoms in total. The number of hydrogen-bond donors (Lipinski definition) is 1. The van der Waals surface area contributed by atoms with Gasteiger partial charge in [-0.1, -0.05) is 26.0 Å². The normalized spacial score (nSPS) is 11.2. The first-order valence-corrected chi connectivity index (χ1v) is 8.53. The summed E-state index contributed by atoms with van der Waals surface area (Å²) in [5, 5.41) is 7.67. The summed E-state index contributed by atoms with van der Waals surface area (Å²) in [4.78, 5) is 1.34. The summed E-state index contributed by atoms with van der Waals surface area (Å²) >= 11 is 1.90. The molecule has 1 aromatic heterocycles. The van der Waals surface area contributed by atoms with Crippen molar-refractivity contribution in [3.8, 4) is 0 Å². The summed E-state index contributed by atoms with van der Waals surface area (Å²) in [5.41, 5.74) is 2.64. The van der Waals surface area contributed by atoms with Crippen molar-refractivity contribution in [2.45, 2.75) is 31.7 Å². The van der Waals surface area contributed by atoms with E-state index in [-0.39, 0.29) is 0 Å². The molecule has 0 aliphatic carbocycles. The average Bonchev–Trinajstić information content (AvgIpc) is 2.86. The first-order chi connectivity index (χ1) is 10.1. The van der Waals surface area contributed by atoms with Crippen LogP contribution in [0.1, 0.15) is 25.1 Å². The van der Waals surface area contributed by atoms with Gasteiger partial charge in [-0.15, -0.1) is 11.8 Å². The minimum Gasteiger partial charge on any atom is -0.312 e. The zero-order valence-electron chi connectivity index (χ0n) is 13.2. The van der Waals surface area contributed by atoms with Crippen LogP contribution in [0, 0.1) is 5.92 Å². The van der Waals surface area contributed by atoms with E-state index < -0.39 is 0 Å². The van der Waals surface area contributed by atoms with E-state index in [0.717, 1.165) is 25.3 Å². The maximum atomic E-state index is 4.20. The number of nitrogens with one attached hydrogen (secondary N) is 1. The smallest absolute Gasteiger partial charge is 0.0492 e. The van der Waals surface area contributed by atoms with Crippen LogP contribution in [0.2, 0.25) is 0 Å². The van der Waals surface area contributed by atoms with Crippen molar-refractivity contribution < 1.29 is 0 Å². The predicted molar refractivity (Wildman–Crippen MR) is 90.6 cm³/mol. The molecule has 0 saturated carbocycles. The van der Waals surface area contributed by atoms with Crippen LogP contribution in [0.3, 0.4) is 0 Å². The molecule has 0 spiro atoms. The third-order valence-corrected chi connectivity index (χ3v) is 4.37. The molecule has 2 aromatic rings. The van der Waals surface area contributed by atoms with Crippen LogP contribution in [0.25, 0.3) is 0 Å². The van der Waals surface area contributed by atoms with Crippen molar-refractivity contribution in [2.24, 2.45) is 13.0 Å². The fourth-order valence-corrected chi connectivity index (χ4v) is 3.00. The first-order valence-electron chi connectivity index (χ1n) is 7.54. The van der Waals surface area contributed by atoms with Crippen LogP contribution in [-0.4, -0.2) is 22.1 Å². The van der Waals surface area contributed by atoms with Crippen LogP contribution in [0.4, 0.5) is 0 Å². The molecule has 0 atom stereocenters. The topological polar surface area (TPSA) is 29.9 Å². The van der Waals surface area contributed by atoms with Gasteiger partial charge in [0.15, 0.2) is 0 Å². The van der Waals surface area contributed by atoms with Gasteiger partial charge in [0.25, 0.3) is 0 Å². The summed E-state index contributed by atoms with van der Waals surface area (Å²) in [6.45, 7) is 6.49. The lowest BCUT2D eigenvalue weighted by Crippen LogP contribution is -2.18. The molecule has 1 N–H and O–H groups in total. The van der Waals surface area contributed by atoms with E-state index in [9.17, 15) is 0 Å². The highest BCUT2D eigenvalue weighted by Crippen LogP contribution is 2.19. The van der Waals surface area contributed by atoms with Crippen LogP contribution in [-0.2, 0) is 20.0 Å². The van der Waals surface area contributed by atoms with Gasteiger partial charge < -0.3 is 5.32 Å². The Kier molecular flexibility index (Phi) is 6.33. The summed E-state index contributed by atoms with van der Waals surface area (Å²) in [5.74, 6) is 1.79. The highest BCUT2D eigenvalue weighted by atomic mass is 32.2. The first kappa shape index (κ1) is 16.1. The maximum Gasteiger partial charge on any atom is 0.0492 e. The highest BCUT2D eigenvalue weighted by molar-refractivity contribution is 7.99. The SMILES string of the molecule is CC(C)CNCc1ccc(SCCc2ccnn2C)cc1. The van der Waals surface area contributed by atoms with E-state index >= 15 is 0 Å². The largest absolute Gasteiger partial charge is 0.312 e. The lowest BCUT2D eigenvalue weighted by Gasteiger charge is -2.08. The molecule has 114 valence electrons. The van der Waals surface area contributed by atoms with Crippen molar-refractivity contribution in [1.82, 2.24) is 15.1 Å². The predicted octanol–water partition coefficient (Wildman–Crippen LogP) is 3.50. The van der Waals surface area contributed by atoms with E-state index in [1.165, 1.54) is 16.2 Å². The molecular formula is C17H25N3S. The quantitative estimate of drug-likeness (QED) is 0.757. The van der Waals surface area contributed by atoms with Crippen molar-refractivity contribution in [3.05, 3.63) is 47.8 Å². The van der Waals surface area contributed by atoms with Crippen molar-refractivity contribution in [3.63, 3.8) is 0 Å². The Morgan fingerprint density at radius 3 is 2.57 bits per heavy atom. The lowest BCUT2D eigenvalue weighted by atomic mass is 10.2. The molecule has 0 bridgehead atoms. The fourth-order valence-electron chi connectivity index (χ4n) is 2.13. The van der Waals surface area contributed by atoms with E-state index in [4.69, 9.17) is 0 Å². The lowest BCUT2D eigenvalue weighted by molar-refractivity contribution is 0.552. The number of hydrogen-bond acceptors (Lipinski definition) is 3. The number of aromatic nitrogens is 2. The van der Waals surface area contributed by atoms with Gasteiger partial charge in [-0.3, -0.25) is 4.68 Å². The molecule has 0 radical (unpaired) electrons. The minimum atomic E-state index is 0.701. The summed E-state index contributed by atoms with van der Waals surface area (Å²) in [6.07, 6.45) is 2.91. The molecule has 1 heterocycles. The van der Waals surface area contributed by atoms with E-state index in [2.05, 4.69) is 54.6 Å². The van der Waals surface area contributed by atoms with E-state index in [0.29, 0.717) is 5.92 Å². The average molecular weight is 303 g/mol. The van der Waals surface area contributed by atoms with Crippen LogP contribution >= 0.6 is 11.8 Å². The minimum absolute atomic E-state index is 0.701. The van der Waals surface area contributed by atoms with Crippen molar-refractivity contribution in [2.75, 3.05) is 12.3 Å². The monoisotopic (exact) mass is 303 g/mol. The third kappa shape index (κ3) is 5.56. The van der Waals surface area contributed by atoms with E-state index in [1.54, 1.807) is 0 Å². The van der Waals surface area contributed by atoms with E-state index in [1.807, 2.05) is 29.7 Å². The second-order valence-corrected chi connectivity index (χ2v) is 6.88. The number of aryl methyl sites for hydroxylation is 2. The molecular weight excluding hydrogens is 278 g/mol. The van der Waals surface area contributed by atoms with Gasteiger partial charge in [-0.25, -0.2) is 0 Å². The zero-order valence-corrected chi connectivity index (χ0v) is 14.0. The van der Waals surface area contributed by atoms with Gasteiger partial charge in [0.05, 0.1) is 0 Å². The van der Waals surface area contributed by atoms with Crippen LogP contribution in [0.15, 0.2) is 41.4 Å². The van der Waals surface area contributed by atoms with Crippen LogP contribution < -0.4 is 5.32 Å². The highest BCUT2D eigenvalue weighted by Gasteiger charge is 2.00. The molecule has 0 aliphatic rings. The van der Waals surface area contributed by atoms with Gasteiger partial charge in [0.1, 0.15) is 0 Å². The Morgan fingerprint density at radius 2 is 1.95 bits per heavy atom. The summed E-state index contributed by atoms with van der Waals surface area (Å²) in [7, 11) is 2.00. The number of thioether (sulfide) groups is 1. The fraction of sp³-hybridized carbons (Fsp3) is 0.471. The number of nitrogens with zero attached hydrogens (tertiary/aromatic N) is 2. The zero-order chi connectivity index (χ0) is 15.1. The van der Waals surface area contributed by atoms with Gasteiger partial charge in [-0.2, -0.15) is 5.10 Å². The Balaban J connectivity index is 1.73. The molecule has 21 heavy (non-hydrogen) atoms. The molecule has 0 saturated heterocycles. The van der Waals surface area contributed by atoms with Crippen molar-refractivity contribution in [1.29, 1.82) is 0 Å². The third-order valence-electron chi connectivity index (χ3n) is 3.35. The molecule has 0 fully saturated rings. The van der Waals surface area contributed by atoms with Gasteiger partial charge in [-0.05, 0) is 42.6 Å².